The second-order valence-electron chi connectivity index (χ2n) is 7.34. The third-order valence-corrected chi connectivity index (χ3v) is 5.28. The average Bonchev–Trinajstić information content (AvgIpc) is 3.23. The van der Waals surface area contributed by atoms with Crippen molar-refractivity contribution >= 4 is 28.0 Å². The Balaban J connectivity index is 2.00. The van der Waals surface area contributed by atoms with Gasteiger partial charge in [-0.15, -0.1) is 0 Å². The predicted molar refractivity (Wildman–Crippen MR) is 129 cm³/mol. The first-order valence-electron chi connectivity index (χ1n) is 10.4. The number of rotatable bonds is 9. The summed E-state index contributed by atoms with van der Waals surface area (Å²) in [6.07, 6.45) is 4.50. The Hall–Kier alpha value is -3.63. The molecule has 1 heterocycles. The highest BCUT2D eigenvalue weighted by Gasteiger charge is 2.16. The normalized spacial score (nSPS) is 11.9. The van der Waals surface area contributed by atoms with E-state index in [1.165, 1.54) is 7.11 Å². The highest BCUT2D eigenvalue weighted by molar-refractivity contribution is 6.69. The summed E-state index contributed by atoms with van der Waals surface area (Å²) in [4.78, 5) is 12.6. The van der Waals surface area contributed by atoms with Crippen LogP contribution in [0.1, 0.15) is 46.8 Å². The van der Waals surface area contributed by atoms with Crippen molar-refractivity contribution in [1.82, 2.24) is 10.1 Å². The summed E-state index contributed by atoms with van der Waals surface area (Å²) >= 11 is 6.39. The molecule has 0 amide bonds. The molecule has 8 heteroatoms. The first-order valence-corrected chi connectivity index (χ1v) is 10.8. The number of aromatic nitrogens is 2. The van der Waals surface area contributed by atoms with Gasteiger partial charge in [-0.1, -0.05) is 52.3 Å². The van der Waals surface area contributed by atoms with Gasteiger partial charge in [0.25, 0.3) is 0 Å². The molecule has 0 aliphatic carbocycles. The molecule has 0 aliphatic heterocycles. The van der Waals surface area contributed by atoms with Crippen LogP contribution in [0.15, 0.2) is 52.2 Å². The number of oxime groups is 1. The molecule has 33 heavy (non-hydrogen) atoms. The number of allylic oxidation sites excluding steroid dienone is 1. The van der Waals surface area contributed by atoms with Gasteiger partial charge in [-0.3, -0.25) is 0 Å². The smallest absolute Gasteiger partial charge is 0.226 e. The third-order valence-electron chi connectivity index (χ3n) is 5.00. The van der Waals surface area contributed by atoms with Gasteiger partial charge in [0.15, 0.2) is 16.7 Å². The number of hydrogen-bond donors (Lipinski definition) is 0. The minimum atomic E-state index is 0.203. The van der Waals surface area contributed by atoms with E-state index in [1.54, 1.807) is 14.0 Å². The summed E-state index contributed by atoms with van der Waals surface area (Å²) in [7, 11) is 3.04. The van der Waals surface area contributed by atoms with Crippen LogP contribution in [-0.4, -0.2) is 29.5 Å². The molecule has 7 nitrogen and oxygen atoms in total. The van der Waals surface area contributed by atoms with Gasteiger partial charge in [-0.25, -0.2) is 4.85 Å². The van der Waals surface area contributed by atoms with Crippen molar-refractivity contribution in [3.05, 3.63) is 87.9 Å². The van der Waals surface area contributed by atoms with Gasteiger partial charge in [-0.05, 0) is 61.1 Å². The molecule has 0 spiro atoms. The zero-order valence-electron chi connectivity index (χ0n) is 19.1. The molecule has 0 radical (unpaired) electrons. The second kappa shape index (κ2) is 11.3. The molecule has 0 fully saturated rings. The summed E-state index contributed by atoms with van der Waals surface area (Å²) in [6, 6.07) is 11.5. The quantitative estimate of drug-likeness (QED) is 0.162. The van der Waals surface area contributed by atoms with Crippen molar-refractivity contribution in [1.29, 1.82) is 0 Å². The number of halogens is 1. The maximum absolute atomic E-state index is 7.23. The van der Waals surface area contributed by atoms with E-state index in [-0.39, 0.29) is 5.17 Å². The van der Waals surface area contributed by atoms with Gasteiger partial charge >= 0.3 is 0 Å². The van der Waals surface area contributed by atoms with E-state index in [1.807, 2.05) is 37.3 Å². The summed E-state index contributed by atoms with van der Waals surface area (Å²) in [5, 5.41) is 7.92. The standard InChI is InChI=1S/C25H25ClN4O3/c1-16-14-19(15-22(24(16)31-4)25(26)30-32-5)21(18-10-12-20(27-3)13-11-18)8-6-7-9-23-28-17(2)29-33-23/h8,10-15H,6-7,9H2,1-2,4-5H3/b21-8-,30-25-. The summed E-state index contributed by atoms with van der Waals surface area (Å²) < 4.78 is 10.8. The first-order chi connectivity index (χ1) is 16.0. The Morgan fingerprint density at radius 2 is 1.94 bits per heavy atom. The predicted octanol–water partition coefficient (Wildman–Crippen LogP) is 6.25. The molecule has 170 valence electrons. The van der Waals surface area contributed by atoms with E-state index >= 15 is 0 Å². The second-order valence-corrected chi connectivity index (χ2v) is 7.70. The SMILES string of the molecule is [C-]#[N+]c1ccc(/C(=C/CCCc2nc(C)no2)c2cc(C)c(OC)c(/C(Cl)=N/OC)c2)cc1. The lowest BCUT2D eigenvalue weighted by molar-refractivity contribution is 0.214. The third kappa shape index (κ3) is 5.99. The van der Waals surface area contributed by atoms with Gasteiger partial charge in [-0.2, -0.15) is 4.98 Å². The largest absolute Gasteiger partial charge is 0.496 e. The van der Waals surface area contributed by atoms with Crippen molar-refractivity contribution in [3.63, 3.8) is 0 Å². The van der Waals surface area contributed by atoms with Crippen molar-refractivity contribution in [2.75, 3.05) is 14.2 Å². The van der Waals surface area contributed by atoms with Crippen molar-refractivity contribution in [3.8, 4) is 5.75 Å². The number of methoxy groups -OCH3 is 1. The molecule has 0 unspecified atom stereocenters. The number of ether oxygens (including phenoxy) is 1. The molecule has 0 bridgehead atoms. The monoisotopic (exact) mass is 464 g/mol. The summed E-state index contributed by atoms with van der Waals surface area (Å²) in [6.45, 7) is 11.0. The van der Waals surface area contributed by atoms with Crippen molar-refractivity contribution in [2.45, 2.75) is 33.1 Å². The highest BCUT2D eigenvalue weighted by atomic mass is 35.5. The zero-order chi connectivity index (χ0) is 23.8. The van der Waals surface area contributed by atoms with Crippen molar-refractivity contribution in [2.24, 2.45) is 5.16 Å². The van der Waals surface area contributed by atoms with Crippen LogP contribution in [0.5, 0.6) is 5.75 Å². The molecular formula is C25H25ClN4O3. The molecule has 3 aromatic rings. The fraction of sp³-hybridized carbons (Fsp3) is 0.280. The highest BCUT2D eigenvalue weighted by Crippen LogP contribution is 2.33. The van der Waals surface area contributed by atoms with Crippen LogP contribution in [0, 0.1) is 20.4 Å². The lowest BCUT2D eigenvalue weighted by Gasteiger charge is -2.16. The molecule has 3 rings (SSSR count). The van der Waals surface area contributed by atoms with Gasteiger partial charge < -0.3 is 14.1 Å². The average molecular weight is 465 g/mol. The Morgan fingerprint density at radius 1 is 1.18 bits per heavy atom. The lowest BCUT2D eigenvalue weighted by atomic mass is 9.93. The molecule has 0 saturated carbocycles. The van der Waals surface area contributed by atoms with E-state index in [9.17, 15) is 0 Å². The number of aryl methyl sites for hydroxylation is 3. The number of benzene rings is 2. The minimum Gasteiger partial charge on any atom is -0.496 e. The first kappa shape index (κ1) is 24.0. The van der Waals surface area contributed by atoms with Crippen LogP contribution < -0.4 is 4.74 Å². The maximum atomic E-state index is 7.23. The van der Waals surface area contributed by atoms with Crippen LogP contribution in [0.3, 0.4) is 0 Å². The van der Waals surface area contributed by atoms with Crippen LogP contribution >= 0.6 is 11.6 Å². The van der Waals surface area contributed by atoms with Crippen LogP contribution in [0.2, 0.25) is 0 Å². The van der Waals surface area contributed by atoms with E-state index in [0.717, 1.165) is 35.1 Å². The van der Waals surface area contributed by atoms with Crippen LogP contribution in [0.4, 0.5) is 5.69 Å². The molecule has 2 aromatic carbocycles. The van der Waals surface area contributed by atoms with Gasteiger partial charge in [0, 0.05) is 6.42 Å². The summed E-state index contributed by atoms with van der Waals surface area (Å²) in [5.41, 5.74) is 5.11. The molecule has 1 aromatic heterocycles. The van der Waals surface area contributed by atoms with Gasteiger partial charge in [0.1, 0.15) is 12.9 Å². The van der Waals surface area contributed by atoms with E-state index < -0.39 is 0 Å². The van der Waals surface area contributed by atoms with E-state index in [2.05, 4.69) is 32.3 Å². The zero-order valence-corrected chi connectivity index (χ0v) is 19.8. The van der Waals surface area contributed by atoms with Crippen LogP contribution in [-0.2, 0) is 11.3 Å². The van der Waals surface area contributed by atoms with Crippen molar-refractivity contribution < 1.29 is 14.1 Å². The van der Waals surface area contributed by atoms with Gasteiger partial charge in [0.2, 0.25) is 5.89 Å². The van der Waals surface area contributed by atoms with E-state index in [0.29, 0.717) is 35.1 Å². The Bertz CT molecular complexity index is 1210. The number of unbranched alkanes of at least 4 members (excludes halogenated alkanes) is 1. The van der Waals surface area contributed by atoms with Gasteiger partial charge in [0.05, 0.1) is 19.2 Å². The fourth-order valence-corrected chi connectivity index (χ4v) is 3.75. The Kier molecular flexibility index (Phi) is 8.22. The molecule has 0 N–H and O–H groups in total. The van der Waals surface area contributed by atoms with E-state index in [4.69, 9.17) is 32.3 Å². The Morgan fingerprint density at radius 3 is 2.55 bits per heavy atom. The maximum Gasteiger partial charge on any atom is 0.226 e. The summed E-state index contributed by atoms with van der Waals surface area (Å²) in [5.74, 6) is 1.91. The number of hydrogen-bond acceptors (Lipinski definition) is 6. The number of nitrogens with zero attached hydrogens (tertiary/aromatic N) is 4. The lowest BCUT2D eigenvalue weighted by Crippen LogP contribution is -2.02. The molecular weight excluding hydrogens is 440 g/mol. The topological polar surface area (TPSA) is 74.1 Å². The minimum absolute atomic E-state index is 0.203. The molecule has 0 aliphatic rings. The Labute approximate surface area is 198 Å². The van der Waals surface area contributed by atoms with Crippen LogP contribution in [0.25, 0.3) is 10.4 Å². The fourth-order valence-electron chi connectivity index (χ4n) is 3.54. The molecule has 0 atom stereocenters. The molecule has 0 saturated heterocycles.